The van der Waals surface area contributed by atoms with E-state index in [2.05, 4.69) is 4.90 Å². The molecule has 0 aromatic carbocycles. The molecule has 1 atom stereocenters. The van der Waals surface area contributed by atoms with E-state index < -0.39 is 6.10 Å². The fraction of sp³-hybridized carbons (Fsp3) is 0.400. The fourth-order valence-electron chi connectivity index (χ4n) is 2.53. The quantitative estimate of drug-likeness (QED) is 0.916. The number of halogens is 1. The minimum Gasteiger partial charge on any atom is -0.386 e. The molecule has 3 heterocycles. The lowest BCUT2D eigenvalue weighted by molar-refractivity contribution is 0.0536. The van der Waals surface area contributed by atoms with Crippen molar-refractivity contribution in [2.75, 3.05) is 32.7 Å². The van der Waals surface area contributed by atoms with Crippen molar-refractivity contribution in [1.82, 2.24) is 9.80 Å². The summed E-state index contributed by atoms with van der Waals surface area (Å²) in [6, 6.07) is 7.44. The number of thiophene rings is 2. The fourth-order valence-corrected chi connectivity index (χ4v) is 4.25. The summed E-state index contributed by atoms with van der Waals surface area (Å²) < 4.78 is 0.640. The number of carbonyl (C=O) groups is 1. The summed E-state index contributed by atoms with van der Waals surface area (Å²) in [5, 5.41) is 12.2. The van der Waals surface area contributed by atoms with Crippen LogP contribution in [0.15, 0.2) is 29.6 Å². The minimum atomic E-state index is -0.446. The molecule has 1 saturated heterocycles. The van der Waals surface area contributed by atoms with Crippen molar-refractivity contribution in [3.05, 3.63) is 43.7 Å². The Labute approximate surface area is 142 Å². The number of hydrogen-bond acceptors (Lipinski definition) is 5. The van der Waals surface area contributed by atoms with E-state index >= 15 is 0 Å². The van der Waals surface area contributed by atoms with Crippen molar-refractivity contribution in [1.29, 1.82) is 0 Å². The van der Waals surface area contributed by atoms with Gasteiger partial charge in [-0.25, -0.2) is 0 Å². The molecule has 2 aromatic heterocycles. The molecule has 4 nitrogen and oxygen atoms in total. The first-order valence-corrected chi connectivity index (χ1v) is 9.19. The van der Waals surface area contributed by atoms with Gasteiger partial charge in [0.1, 0.15) is 6.10 Å². The Morgan fingerprint density at radius 3 is 2.64 bits per heavy atom. The molecule has 118 valence electrons. The number of carbonyl (C=O) groups excluding carboxylic acids is 1. The zero-order valence-corrected chi connectivity index (χ0v) is 14.3. The molecule has 22 heavy (non-hydrogen) atoms. The molecule has 7 heteroatoms. The van der Waals surface area contributed by atoms with Gasteiger partial charge in [-0.05, 0) is 23.6 Å². The predicted molar refractivity (Wildman–Crippen MR) is 91.0 cm³/mol. The average molecular weight is 357 g/mol. The van der Waals surface area contributed by atoms with Crippen LogP contribution in [0, 0.1) is 0 Å². The van der Waals surface area contributed by atoms with Gasteiger partial charge in [-0.1, -0.05) is 17.7 Å². The van der Waals surface area contributed by atoms with Gasteiger partial charge in [0.05, 0.1) is 9.21 Å². The Balaban J connectivity index is 1.51. The molecule has 1 amide bonds. The first-order chi connectivity index (χ1) is 10.6. The van der Waals surface area contributed by atoms with Crippen LogP contribution in [0.3, 0.4) is 0 Å². The zero-order chi connectivity index (χ0) is 15.5. The van der Waals surface area contributed by atoms with Crippen LogP contribution >= 0.6 is 34.3 Å². The number of piperazine rings is 1. The maximum Gasteiger partial charge on any atom is 0.264 e. The van der Waals surface area contributed by atoms with Crippen LogP contribution in [0.4, 0.5) is 0 Å². The predicted octanol–water partition coefficient (Wildman–Crippen LogP) is 2.95. The van der Waals surface area contributed by atoms with E-state index in [1.807, 2.05) is 22.4 Å². The number of aliphatic hydroxyl groups is 1. The van der Waals surface area contributed by atoms with Crippen LogP contribution in [0.1, 0.15) is 20.7 Å². The number of amides is 1. The molecule has 0 spiro atoms. The van der Waals surface area contributed by atoms with E-state index in [0.29, 0.717) is 28.8 Å². The number of hydrogen-bond donors (Lipinski definition) is 1. The molecule has 3 rings (SSSR count). The molecular weight excluding hydrogens is 340 g/mol. The molecule has 0 bridgehead atoms. The highest BCUT2D eigenvalue weighted by Gasteiger charge is 2.24. The van der Waals surface area contributed by atoms with Crippen molar-refractivity contribution in [2.24, 2.45) is 0 Å². The molecule has 0 unspecified atom stereocenters. The van der Waals surface area contributed by atoms with E-state index in [1.165, 1.54) is 11.3 Å². The lowest BCUT2D eigenvalue weighted by Gasteiger charge is -2.35. The van der Waals surface area contributed by atoms with E-state index in [4.69, 9.17) is 11.6 Å². The number of nitrogens with zero attached hydrogens (tertiary/aromatic N) is 2. The van der Waals surface area contributed by atoms with Crippen molar-refractivity contribution in [3.63, 3.8) is 0 Å². The second kappa shape index (κ2) is 7.10. The number of β-amino-alcohol motifs (C(OH)–C–C–N with tert-alkyl or cyclic N) is 1. The highest BCUT2D eigenvalue weighted by atomic mass is 35.5. The van der Waals surface area contributed by atoms with Gasteiger partial charge < -0.3 is 10.0 Å². The van der Waals surface area contributed by atoms with E-state index in [9.17, 15) is 9.90 Å². The van der Waals surface area contributed by atoms with Crippen LogP contribution in [0.25, 0.3) is 0 Å². The Morgan fingerprint density at radius 2 is 2.05 bits per heavy atom. The molecule has 0 radical (unpaired) electrons. The van der Waals surface area contributed by atoms with Crippen LogP contribution < -0.4 is 0 Å². The maximum absolute atomic E-state index is 12.3. The molecule has 1 N–H and O–H groups in total. The van der Waals surface area contributed by atoms with E-state index in [1.54, 1.807) is 23.5 Å². The molecular formula is C15H17ClN2O2S2. The molecule has 1 aliphatic heterocycles. The van der Waals surface area contributed by atoms with Gasteiger partial charge in [-0.3, -0.25) is 9.69 Å². The van der Waals surface area contributed by atoms with E-state index in [0.717, 1.165) is 18.0 Å². The third-order valence-electron chi connectivity index (χ3n) is 3.75. The van der Waals surface area contributed by atoms with Gasteiger partial charge in [-0.2, -0.15) is 0 Å². The largest absolute Gasteiger partial charge is 0.386 e. The maximum atomic E-state index is 12.3. The minimum absolute atomic E-state index is 0.0513. The van der Waals surface area contributed by atoms with Crippen molar-refractivity contribution >= 4 is 40.2 Å². The number of aliphatic hydroxyl groups excluding tert-OH is 1. The summed E-state index contributed by atoms with van der Waals surface area (Å²) in [5.41, 5.74) is 0. The number of rotatable bonds is 4. The van der Waals surface area contributed by atoms with E-state index in [-0.39, 0.29) is 5.91 Å². The van der Waals surface area contributed by atoms with Crippen LogP contribution in [0.2, 0.25) is 4.34 Å². The Morgan fingerprint density at radius 1 is 1.27 bits per heavy atom. The summed E-state index contributed by atoms with van der Waals surface area (Å²) in [5.74, 6) is 0.0513. The average Bonchev–Trinajstić information content (AvgIpc) is 3.18. The van der Waals surface area contributed by atoms with Crippen LogP contribution in [-0.4, -0.2) is 53.5 Å². The Kier molecular flexibility index (Phi) is 5.15. The van der Waals surface area contributed by atoms with Gasteiger partial charge in [0.15, 0.2) is 0 Å². The highest BCUT2D eigenvalue weighted by molar-refractivity contribution is 7.18. The Bertz CT molecular complexity index is 621. The second-order valence-corrected chi connectivity index (χ2v) is 7.92. The van der Waals surface area contributed by atoms with Crippen molar-refractivity contribution in [2.45, 2.75) is 6.10 Å². The summed E-state index contributed by atoms with van der Waals surface area (Å²) in [6.07, 6.45) is -0.446. The third kappa shape index (κ3) is 3.70. The molecule has 0 aliphatic carbocycles. The van der Waals surface area contributed by atoms with Gasteiger partial charge in [0.2, 0.25) is 0 Å². The summed E-state index contributed by atoms with van der Waals surface area (Å²) >= 11 is 8.78. The molecule has 1 aliphatic rings. The molecule has 0 saturated carbocycles. The van der Waals surface area contributed by atoms with Gasteiger partial charge >= 0.3 is 0 Å². The normalized spacial score (nSPS) is 17.6. The van der Waals surface area contributed by atoms with Crippen molar-refractivity contribution in [3.8, 4) is 0 Å². The Hall–Kier alpha value is -0.920. The summed E-state index contributed by atoms with van der Waals surface area (Å²) in [7, 11) is 0. The van der Waals surface area contributed by atoms with Gasteiger partial charge in [0.25, 0.3) is 5.91 Å². The zero-order valence-electron chi connectivity index (χ0n) is 11.9. The molecule has 1 fully saturated rings. The van der Waals surface area contributed by atoms with Gasteiger partial charge in [-0.15, -0.1) is 22.7 Å². The van der Waals surface area contributed by atoms with Crippen molar-refractivity contribution < 1.29 is 9.90 Å². The van der Waals surface area contributed by atoms with Gasteiger partial charge in [0, 0.05) is 37.6 Å². The first kappa shape index (κ1) is 16.0. The monoisotopic (exact) mass is 356 g/mol. The highest BCUT2D eigenvalue weighted by Crippen LogP contribution is 2.24. The van der Waals surface area contributed by atoms with Crippen LogP contribution in [0.5, 0.6) is 0 Å². The summed E-state index contributed by atoms with van der Waals surface area (Å²) in [4.78, 5) is 18.1. The standard InChI is InChI=1S/C15H17ClN2O2S2/c16-14-4-3-13(22-14)15(20)18-7-5-17(6-8-18)10-11(19)12-2-1-9-21-12/h1-4,9,11,19H,5-8,10H2/t11-/m1/s1. The SMILES string of the molecule is O=C(c1ccc(Cl)s1)N1CCN(C[C@@H](O)c2cccs2)CC1. The first-order valence-electron chi connectivity index (χ1n) is 7.12. The lowest BCUT2D eigenvalue weighted by Crippen LogP contribution is -2.49. The second-order valence-electron chi connectivity index (χ2n) is 5.23. The molecule has 2 aromatic rings. The smallest absolute Gasteiger partial charge is 0.264 e. The third-order valence-corrected chi connectivity index (χ3v) is 5.94. The topological polar surface area (TPSA) is 43.8 Å². The summed E-state index contributed by atoms with van der Waals surface area (Å²) in [6.45, 7) is 3.56. The van der Waals surface area contributed by atoms with Crippen LogP contribution in [-0.2, 0) is 0 Å². The lowest BCUT2D eigenvalue weighted by atomic mass is 10.2.